The lowest BCUT2D eigenvalue weighted by Gasteiger charge is -2.21. The molecule has 2 aromatic rings. The molecule has 1 N–H and O–H groups in total. The first-order chi connectivity index (χ1) is 15.4. The van der Waals surface area contributed by atoms with Crippen molar-refractivity contribution in [1.82, 2.24) is 15.1 Å². The topological polar surface area (TPSA) is 52.7 Å². The zero-order valence-corrected chi connectivity index (χ0v) is 20.2. The number of hydrogen-bond acceptors (Lipinski definition) is 3. The minimum absolute atomic E-state index is 0.00790. The second-order valence-electron chi connectivity index (χ2n) is 8.60. The predicted molar refractivity (Wildman–Crippen MR) is 132 cm³/mol. The summed E-state index contributed by atoms with van der Waals surface area (Å²) in [4.78, 5) is 28.8. The van der Waals surface area contributed by atoms with Gasteiger partial charge < -0.3 is 15.1 Å². The Balaban J connectivity index is 1.87. The van der Waals surface area contributed by atoms with Gasteiger partial charge in [-0.15, -0.1) is 0 Å². The molecule has 174 valence electrons. The molecule has 0 unspecified atom stereocenters. The number of nitrogens with zero attached hydrogens (tertiary/aromatic N) is 2. The molecule has 0 bridgehead atoms. The molecule has 0 saturated heterocycles. The lowest BCUT2D eigenvalue weighted by molar-refractivity contribution is -0.131. The Kier molecular flexibility index (Phi) is 10.9. The first-order valence-electron chi connectivity index (χ1n) is 11.8. The van der Waals surface area contributed by atoms with Crippen LogP contribution < -0.4 is 5.32 Å². The van der Waals surface area contributed by atoms with Gasteiger partial charge in [-0.05, 0) is 55.6 Å². The average molecular weight is 438 g/mol. The summed E-state index contributed by atoms with van der Waals surface area (Å²) in [5, 5.41) is 3.03. The van der Waals surface area contributed by atoms with Crippen LogP contribution in [0.5, 0.6) is 0 Å². The summed E-state index contributed by atoms with van der Waals surface area (Å²) in [5.74, 6) is 0.149. The molecule has 0 aliphatic carbocycles. The Labute approximate surface area is 193 Å². The summed E-state index contributed by atoms with van der Waals surface area (Å²) >= 11 is 0. The van der Waals surface area contributed by atoms with Crippen molar-refractivity contribution in [1.29, 1.82) is 0 Å². The third kappa shape index (κ3) is 8.46. The second-order valence-corrected chi connectivity index (χ2v) is 8.60. The molecule has 0 spiro atoms. The van der Waals surface area contributed by atoms with Crippen molar-refractivity contribution in [2.24, 2.45) is 0 Å². The Morgan fingerprint density at radius 1 is 0.875 bits per heavy atom. The van der Waals surface area contributed by atoms with E-state index in [0.717, 1.165) is 49.2 Å². The van der Waals surface area contributed by atoms with Crippen LogP contribution in [0.15, 0.2) is 48.5 Å². The van der Waals surface area contributed by atoms with Gasteiger partial charge >= 0.3 is 0 Å². The second kappa shape index (κ2) is 13.7. The van der Waals surface area contributed by atoms with Crippen molar-refractivity contribution < 1.29 is 9.59 Å². The molecule has 0 fully saturated rings. The SMILES string of the molecule is CCCN(CCC)C(=O)CCCC(=O)NCc1ccccc1-c1ccc(CN(C)C)cc1. The molecule has 5 nitrogen and oxygen atoms in total. The molecule has 0 saturated carbocycles. The zero-order chi connectivity index (χ0) is 23.3. The Hall–Kier alpha value is -2.66. The van der Waals surface area contributed by atoms with Gasteiger partial charge in [-0.3, -0.25) is 9.59 Å². The van der Waals surface area contributed by atoms with Crippen molar-refractivity contribution in [3.8, 4) is 11.1 Å². The van der Waals surface area contributed by atoms with Gasteiger partial charge in [-0.2, -0.15) is 0 Å². The van der Waals surface area contributed by atoms with Gasteiger partial charge in [-0.25, -0.2) is 0 Å². The number of carbonyl (C=O) groups excluding carboxylic acids is 2. The van der Waals surface area contributed by atoms with Gasteiger partial charge in [0, 0.05) is 39.0 Å². The van der Waals surface area contributed by atoms with Crippen LogP contribution in [-0.4, -0.2) is 48.8 Å². The fourth-order valence-electron chi connectivity index (χ4n) is 3.85. The lowest BCUT2D eigenvalue weighted by Crippen LogP contribution is -2.32. The van der Waals surface area contributed by atoms with Crippen molar-refractivity contribution >= 4 is 11.8 Å². The van der Waals surface area contributed by atoms with Crippen LogP contribution >= 0.6 is 0 Å². The van der Waals surface area contributed by atoms with E-state index >= 15 is 0 Å². The number of rotatable bonds is 13. The molecular formula is C27H39N3O2. The third-order valence-electron chi connectivity index (χ3n) is 5.39. The van der Waals surface area contributed by atoms with Crippen LogP contribution in [0.1, 0.15) is 57.1 Å². The predicted octanol–water partition coefficient (Wildman–Crippen LogP) is 4.85. The summed E-state index contributed by atoms with van der Waals surface area (Å²) in [5.41, 5.74) is 4.65. The van der Waals surface area contributed by atoms with E-state index in [0.29, 0.717) is 25.8 Å². The van der Waals surface area contributed by atoms with Crippen molar-refractivity contribution in [3.05, 3.63) is 59.7 Å². The lowest BCUT2D eigenvalue weighted by atomic mass is 9.98. The maximum atomic E-state index is 12.4. The zero-order valence-electron chi connectivity index (χ0n) is 20.2. The van der Waals surface area contributed by atoms with Gasteiger partial charge in [0.1, 0.15) is 0 Å². The maximum absolute atomic E-state index is 12.4. The Morgan fingerprint density at radius 3 is 2.16 bits per heavy atom. The van der Waals surface area contributed by atoms with E-state index in [1.54, 1.807) is 0 Å². The smallest absolute Gasteiger partial charge is 0.222 e. The maximum Gasteiger partial charge on any atom is 0.222 e. The largest absolute Gasteiger partial charge is 0.352 e. The fourth-order valence-corrected chi connectivity index (χ4v) is 3.85. The van der Waals surface area contributed by atoms with E-state index in [-0.39, 0.29) is 11.8 Å². The monoisotopic (exact) mass is 437 g/mol. The molecule has 0 aromatic heterocycles. The van der Waals surface area contributed by atoms with E-state index in [9.17, 15) is 9.59 Å². The van der Waals surface area contributed by atoms with Crippen LogP contribution in [0.3, 0.4) is 0 Å². The van der Waals surface area contributed by atoms with Crippen LogP contribution in [0.2, 0.25) is 0 Å². The number of nitrogens with one attached hydrogen (secondary N) is 1. The van der Waals surface area contributed by atoms with Crippen LogP contribution in [-0.2, 0) is 22.7 Å². The van der Waals surface area contributed by atoms with Gasteiger partial charge in [0.25, 0.3) is 0 Å². The summed E-state index contributed by atoms with van der Waals surface area (Å²) in [6.07, 6.45) is 3.32. The summed E-state index contributed by atoms with van der Waals surface area (Å²) in [7, 11) is 4.13. The molecule has 0 radical (unpaired) electrons. The highest BCUT2D eigenvalue weighted by molar-refractivity contribution is 5.79. The van der Waals surface area contributed by atoms with Crippen LogP contribution in [0.25, 0.3) is 11.1 Å². The molecule has 2 amide bonds. The van der Waals surface area contributed by atoms with Crippen molar-refractivity contribution in [2.45, 2.75) is 59.0 Å². The van der Waals surface area contributed by atoms with E-state index in [4.69, 9.17) is 0 Å². The highest BCUT2D eigenvalue weighted by atomic mass is 16.2. The number of carbonyl (C=O) groups is 2. The van der Waals surface area contributed by atoms with Crippen molar-refractivity contribution in [2.75, 3.05) is 27.2 Å². The average Bonchev–Trinajstić information content (AvgIpc) is 2.78. The minimum atomic E-state index is -0.00790. The molecule has 0 aliphatic heterocycles. The Bertz CT molecular complexity index is 840. The molecule has 0 atom stereocenters. The first-order valence-corrected chi connectivity index (χ1v) is 11.8. The Morgan fingerprint density at radius 2 is 1.53 bits per heavy atom. The minimum Gasteiger partial charge on any atom is -0.352 e. The third-order valence-corrected chi connectivity index (χ3v) is 5.39. The number of benzene rings is 2. The molecule has 32 heavy (non-hydrogen) atoms. The summed E-state index contributed by atoms with van der Waals surface area (Å²) < 4.78 is 0. The first kappa shape index (κ1) is 25.6. The van der Waals surface area contributed by atoms with Gasteiger partial charge in [0.15, 0.2) is 0 Å². The molecule has 0 aliphatic rings. The number of hydrogen-bond donors (Lipinski definition) is 1. The molecule has 2 aromatic carbocycles. The highest BCUT2D eigenvalue weighted by Gasteiger charge is 2.13. The molecule has 2 rings (SSSR count). The van der Waals surface area contributed by atoms with Crippen molar-refractivity contribution in [3.63, 3.8) is 0 Å². The molecule has 5 heteroatoms. The van der Waals surface area contributed by atoms with E-state index in [1.807, 2.05) is 17.0 Å². The van der Waals surface area contributed by atoms with Gasteiger partial charge in [-0.1, -0.05) is 62.4 Å². The fraction of sp³-hybridized carbons (Fsp3) is 0.481. The van der Waals surface area contributed by atoms with Gasteiger partial charge in [0.05, 0.1) is 0 Å². The summed E-state index contributed by atoms with van der Waals surface area (Å²) in [6, 6.07) is 16.8. The molecular weight excluding hydrogens is 398 g/mol. The molecule has 0 heterocycles. The van der Waals surface area contributed by atoms with Crippen LogP contribution in [0, 0.1) is 0 Å². The van der Waals surface area contributed by atoms with Gasteiger partial charge in [0.2, 0.25) is 11.8 Å². The van der Waals surface area contributed by atoms with E-state index in [1.165, 1.54) is 5.56 Å². The van der Waals surface area contributed by atoms with E-state index < -0.39 is 0 Å². The number of amides is 2. The standard InChI is InChI=1S/C27H39N3O2/c1-5-18-30(19-6-2)27(32)13-9-12-26(31)28-20-24-10-7-8-11-25(24)23-16-14-22(15-17-23)21-29(3)4/h7-8,10-11,14-17H,5-6,9,12-13,18-21H2,1-4H3,(H,28,31). The van der Waals surface area contributed by atoms with E-state index in [2.05, 4.69) is 74.6 Å². The summed E-state index contributed by atoms with van der Waals surface area (Å²) in [6.45, 7) is 7.16. The normalized spacial score (nSPS) is 10.9. The highest BCUT2D eigenvalue weighted by Crippen LogP contribution is 2.24. The van der Waals surface area contributed by atoms with Crippen LogP contribution in [0.4, 0.5) is 0 Å². The quantitative estimate of drug-likeness (QED) is 0.487.